The molecule has 0 saturated carbocycles. The Morgan fingerprint density at radius 2 is 2.38 bits per heavy atom. The van der Waals surface area contributed by atoms with Crippen LogP contribution in [0.15, 0.2) is 40.3 Å². The molecule has 2 aromatic rings. The highest BCUT2D eigenvalue weighted by molar-refractivity contribution is 7.98. The molecule has 0 atom stereocenters. The third-order valence-electron chi connectivity index (χ3n) is 1.78. The predicted octanol–water partition coefficient (Wildman–Crippen LogP) is 2.06. The van der Waals surface area contributed by atoms with Gasteiger partial charge in [0.15, 0.2) is 0 Å². The van der Waals surface area contributed by atoms with Crippen molar-refractivity contribution >= 4 is 17.7 Å². The van der Waals surface area contributed by atoms with Crippen molar-refractivity contribution in [1.29, 1.82) is 0 Å². The minimum atomic E-state index is -1.03. The lowest BCUT2D eigenvalue weighted by Crippen LogP contribution is -2.01. The maximum atomic E-state index is 10.7. The van der Waals surface area contributed by atoms with Crippen LogP contribution in [0.4, 0.5) is 0 Å². The molecule has 16 heavy (non-hydrogen) atoms. The van der Waals surface area contributed by atoms with Crippen LogP contribution in [0.2, 0.25) is 0 Å². The molecule has 2 rings (SSSR count). The lowest BCUT2D eigenvalue weighted by Gasteiger charge is -1.99. The number of pyridine rings is 1. The van der Waals surface area contributed by atoms with Gasteiger partial charge in [0.1, 0.15) is 12.0 Å². The van der Waals surface area contributed by atoms with E-state index in [4.69, 9.17) is 9.52 Å². The second-order valence-corrected chi connectivity index (χ2v) is 3.83. The van der Waals surface area contributed by atoms with Gasteiger partial charge in [0.05, 0.1) is 11.9 Å². The summed E-state index contributed by atoms with van der Waals surface area (Å²) in [6.45, 7) is 0. The van der Waals surface area contributed by atoms with Crippen molar-refractivity contribution in [2.45, 2.75) is 11.0 Å². The van der Waals surface area contributed by atoms with E-state index in [1.54, 1.807) is 18.3 Å². The van der Waals surface area contributed by atoms with Crippen molar-refractivity contribution in [1.82, 2.24) is 9.97 Å². The minimum absolute atomic E-state index is 0.0468. The summed E-state index contributed by atoms with van der Waals surface area (Å²) >= 11 is 1.37. The zero-order chi connectivity index (χ0) is 11.4. The van der Waals surface area contributed by atoms with Crippen molar-refractivity contribution in [2.75, 3.05) is 0 Å². The molecular formula is C10H8N2O3S. The smallest absolute Gasteiger partial charge is 0.354 e. The average Bonchev–Trinajstić information content (AvgIpc) is 2.79. The summed E-state index contributed by atoms with van der Waals surface area (Å²) in [5, 5.41) is 9.31. The summed E-state index contributed by atoms with van der Waals surface area (Å²) in [6, 6.07) is 4.89. The highest BCUT2D eigenvalue weighted by atomic mass is 32.2. The molecule has 6 heteroatoms. The van der Waals surface area contributed by atoms with Gasteiger partial charge in [0.25, 0.3) is 5.22 Å². The Hall–Kier alpha value is -1.82. The maximum Gasteiger partial charge on any atom is 0.354 e. The molecular weight excluding hydrogens is 228 g/mol. The molecule has 5 nitrogen and oxygen atoms in total. The van der Waals surface area contributed by atoms with Crippen LogP contribution in [0.25, 0.3) is 0 Å². The van der Waals surface area contributed by atoms with Crippen molar-refractivity contribution in [3.8, 4) is 0 Å². The van der Waals surface area contributed by atoms with Crippen molar-refractivity contribution in [3.63, 3.8) is 0 Å². The van der Waals surface area contributed by atoms with E-state index in [1.807, 2.05) is 0 Å². The van der Waals surface area contributed by atoms with E-state index in [0.717, 1.165) is 0 Å². The first kappa shape index (κ1) is 10.7. The Labute approximate surface area is 95.5 Å². The molecule has 0 aliphatic rings. The number of hydrogen-bond donors (Lipinski definition) is 1. The van der Waals surface area contributed by atoms with Gasteiger partial charge >= 0.3 is 5.97 Å². The second-order valence-electron chi connectivity index (χ2n) is 2.91. The highest BCUT2D eigenvalue weighted by Gasteiger charge is 2.06. The summed E-state index contributed by atoms with van der Waals surface area (Å²) in [5.74, 6) is -0.496. The van der Waals surface area contributed by atoms with E-state index in [2.05, 4.69) is 9.97 Å². The molecule has 82 valence electrons. The van der Waals surface area contributed by atoms with E-state index in [9.17, 15) is 4.79 Å². The molecule has 2 heterocycles. The fourth-order valence-corrected chi connectivity index (χ4v) is 1.79. The zero-order valence-corrected chi connectivity index (χ0v) is 8.98. The zero-order valence-electron chi connectivity index (χ0n) is 8.16. The Balaban J connectivity index is 2.04. The number of hydrogen-bond acceptors (Lipinski definition) is 5. The van der Waals surface area contributed by atoms with E-state index < -0.39 is 5.97 Å². The van der Waals surface area contributed by atoms with Gasteiger partial charge in [-0.15, -0.1) is 0 Å². The maximum absolute atomic E-state index is 10.7. The third-order valence-corrected chi connectivity index (χ3v) is 2.67. The van der Waals surface area contributed by atoms with Crippen molar-refractivity contribution < 1.29 is 14.3 Å². The summed E-state index contributed by atoms with van der Waals surface area (Å²) in [4.78, 5) is 18.6. The Bertz CT molecular complexity index is 485. The number of carbonyl (C=O) groups is 1. The van der Waals surface area contributed by atoms with Gasteiger partial charge in [0.2, 0.25) is 0 Å². The third kappa shape index (κ3) is 2.60. The standard InChI is InChI=1S/C10H8N2O3S/c13-9(14)8-3-1-2-7(12-8)6-16-10-11-4-5-15-10/h1-5H,6H2,(H,13,14). The molecule has 0 unspecified atom stereocenters. The summed E-state index contributed by atoms with van der Waals surface area (Å²) in [6.07, 6.45) is 3.05. The lowest BCUT2D eigenvalue weighted by molar-refractivity contribution is 0.0690. The number of nitrogens with zero attached hydrogens (tertiary/aromatic N) is 2. The van der Waals surface area contributed by atoms with Crippen molar-refractivity contribution in [3.05, 3.63) is 42.0 Å². The summed E-state index contributed by atoms with van der Waals surface area (Å²) in [5.41, 5.74) is 0.730. The molecule has 0 aromatic carbocycles. The first-order valence-corrected chi connectivity index (χ1v) is 5.46. The number of aromatic carboxylic acids is 1. The van der Waals surface area contributed by atoms with Crippen molar-refractivity contribution in [2.24, 2.45) is 0 Å². The number of aromatic nitrogens is 2. The molecule has 0 fully saturated rings. The number of rotatable bonds is 4. The minimum Gasteiger partial charge on any atom is -0.477 e. The van der Waals surface area contributed by atoms with Crippen LogP contribution in [-0.4, -0.2) is 21.0 Å². The first-order valence-electron chi connectivity index (χ1n) is 4.47. The van der Waals surface area contributed by atoms with Crippen LogP contribution in [0.3, 0.4) is 0 Å². The van der Waals surface area contributed by atoms with Crippen LogP contribution in [0.5, 0.6) is 0 Å². The van der Waals surface area contributed by atoms with Crippen LogP contribution in [-0.2, 0) is 5.75 Å². The van der Waals surface area contributed by atoms with E-state index in [1.165, 1.54) is 24.1 Å². The van der Waals surface area contributed by atoms with Crippen LogP contribution >= 0.6 is 11.8 Å². The fraction of sp³-hybridized carbons (Fsp3) is 0.100. The number of thioether (sulfide) groups is 1. The largest absolute Gasteiger partial charge is 0.477 e. The SMILES string of the molecule is O=C(O)c1cccc(CSc2ncco2)n1. The van der Waals surface area contributed by atoms with E-state index in [-0.39, 0.29) is 5.69 Å². The second kappa shape index (κ2) is 4.80. The first-order chi connectivity index (χ1) is 7.75. The van der Waals surface area contributed by atoms with E-state index in [0.29, 0.717) is 16.7 Å². The fourth-order valence-electron chi connectivity index (χ4n) is 1.10. The Morgan fingerprint density at radius 1 is 1.50 bits per heavy atom. The molecule has 0 aliphatic carbocycles. The topological polar surface area (TPSA) is 76.2 Å². The van der Waals surface area contributed by atoms with Gasteiger partial charge in [-0.3, -0.25) is 0 Å². The molecule has 2 aromatic heterocycles. The lowest BCUT2D eigenvalue weighted by atomic mass is 10.3. The van der Waals surface area contributed by atoms with Gasteiger partial charge < -0.3 is 9.52 Å². The summed E-state index contributed by atoms with van der Waals surface area (Å²) < 4.78 is 5.04. The molecule has 1 N–H and O–H groups in total. The van der Waals surface area contributed by atoms with Crippen LogP contribution in [0, 0.1) is 0 Å². The molecule has 0 spiro atoms. The molecule has 0 aliphatic heterocycles. The van der Waals surface area contributed by atoms with Gasteiger partial charge in [0, 0.05) is 5.75 Å². The molecule has 0 amide bonds. The van der Waals surface area contributed by atoms with E-state index >= 15 is 0 Å². The number of oxazole rings is 1. The molecule has 0 saturated heterocycles. The monoisotopic (exact) mass is 236 g/mol. The van der Waals surface area contributed by atoms with Crippen LogP contribution < -0.4 is 0 Å². The Morgan fingerprint density at radius 3 is 3.06 bits per heavy atom. The van der Waals surface area contributed by atoms with Gasteiger partial charge in [-0.05, 0) is 12.1 Å². The predicted molar refractivity (Wildman–Crippen MR) is 57.3 cm³/mol. The van der Waals surface area contributed by atoms with Gasteiger partial charge in [-0.2, -0.15) is 0 Å². The molecule has 0 bridgehead atoms. The quantitative estimate of drug-likeness (QED) is 0.819. The Kier molecular flexibility index (Phi) is 3.21. The summed E-state index contributed by atoms with van der Waals surface area (Å²) in [7, 11) is 0. The van der Waals surface area contributed by atoms with Gasteiger partial charge in [-0.25, -0.2) is 14.8 Å². The number of carboxylic acids is 1. The molecule has 0 radical (unpaired) electrons. The number of carboxylic acid groups (broad SMARTS) is 1. The van der Waals surface area contributed by atoms with Crippen LogP contribution in [0.1, 0.15) is 16.2 Å². The average molecular weight is 236 g/mol. The normalized spacial score (nSPS) is 10.2. The van der Waals surface area contributed by atoms with Gasteiger partial charge in [-0.1, -0.05) is 17.8 Å². The highest BCUT2D eigenvalue weighted by Crippen LogP contribution is 2.19.